The minimum atomic E-state index is -1.53. The van der Waals surface area contributed by atoms with E-state index in [2.05, 4.69) is 0 Å². The summed E-state index contributed by atoms with van der Waals surface area (Å²) in [6.07, 6.45) is 0. The van der Waals surface area contributed by atoms with Crippen molar-refractivity contribution in [3.8, 4) is 11.1 Å². The van der Waals surface area contributed by atoms with Crippen molar-refractivity contribution < 1.29 is 19.4 Å². The van der Waals surface area contributed by atoms with Crippen LogP contribution in [0.3, 0.4) is 0 Å². The lowest BCUT2D eigenvalue weighted by Crippen LogP contribution is -2.36. The molecule has 0 saturated carbocycles. The third-order valence-corrected chi connectivity index (χ3v) is 5.70. The largest absolute Gasteiger partial charge is 0.481 e. The molecule has 1 aliphatic rings. The number of carbonyl (C=O) groups is 2. The van der Waals surface area contributed by atoms with Gasteiger partial charge in [0, 0.05) is 10.9 Å². The number of ether oxygens (including phenoxy) is 1. The highest BCUT2D eigenvalue weighted by Gasteiger charge is 2.37. The monoisotopic (exact) mass is 421 g/mol. The summed E-state index contributed by atoms with van der Waals surface area (Å²) in [5, 5.41) is 10.1. The highest BCUT2D eigenvalue weighted by atomic mass is 35.5. The fraction of sp³-hybridized carbons (Fsp3) is 0.167. The number of hydrogen-bond acceptors (Lipinski definition) is 4. The van der Waals surface area contributed by atoms with Crippen LogP contribution in [-0.2, 0) is 14.3 Å². The molecule has 0 heterocycles. The Morgan fingerprint density at radius 2 is 1.57 bits per heavy atom. The number of rotatable bonds is 6. The maximum absolute atomic E-state index is 12.7. The second-order valence-electron chi connectivity index (χ2n) is 7.25. The van der Waals surface area contributed by atoms with Crippen LogP contribution in [0.5, 0.6) is 0 Å². The molecule has 0 amide bonds. The van der Waals surface area contributed by atoms with Gasteiger partial charge in [-0.1, -0.05) is 72.3 Å². The van der Waals surface area contributed by atoms with Gasteiger partial charge in [0.05, 0.1) is 6.04 Å². The summed E-state index contributed by atoms with van der Waals surface area (Å²) in [7, 11) is 0. The molecule has 152 valence electrons. The Kier molecular flexibility index (Phi) is 5.57. The second-order valence-corrected chi connectivity index (χ2v) is 7.69. The summed E-state index contributed by atoms with van der Waals surface area (Å²) in [6.45, 7) is 0.0406. The van der Waals surface area contributed by atoms with Crippen LogP contribution < -0.4 is 5.73 Å². The predicted octanol–water partition coefficient (Wildman–Crippen LogP) is 4.40. The van der Waals surface area contributed by atoms with E-state index in [1.165, 1.54) is 0 Å². The summed E-state index contributed by atoms with van der Waals surface area (Å²) < 4.78 is 5.50. The van der Waals surface area contributed by atoms with E-state index in [9.17, 15) is 14.7 Å². The summed E-state index contributed by atoms with van der Waals surface area (Å²) in [5.41, 5.74) is 10.9. The van der Waals surface area contributed by atoms with Gasteiger partial charge in [-0.15, -0.1) is 0 Å². The molecule has 0 aliphatic heterocycles. The lowest BCUT2D eigenvalue weighted by atomic mass is 9.93. The van der Waals surface area contributed by atoms with Crippen LogP contribution >= 0.6 is 11.6 Å². The van der Waals surface area contributed by atoms with E-state index < -0.39 is 23.9 Å². The van der Waals surface area contributed by atoms with Crippen molar-refractivity contribution in [3.05, 3.63) is 94.5 Å². The van der Waals surface area contributed by atoms with Crippen molar-refractivity contribution >= 4 is 23.5 Å². The smallest absolute Gasteiger partial charge is 0.322 e. The Morgan fingerprint density at radius 3 is 2.13 bits per heavy atom. The molecule has 5 nitrogen and oxygen atoms in total. The number of esters is 1. The molecule has 1 aliphatic carbocycles. The lowest BCUT2D eigenvalue weighted by molar-refractivity contribution is -0.160. The number of aliphatic carboxylic acids is 1. The zero-order chi connectivity index (χ0) is 21.3. The van der Waals surface area contributed by atoms with Gasteiger partial charge in [-0.25, -0.2) is 0 Å². The standard InChI is InChI=1S/C24H20ClNO4/c25-15-7-5-6-14(12-15)22(26)21(23(27)28)24(29)30-13-20-18-10-3-1-8-16(18)17-9-2-4-11-19(17)20/h1-12,20-22H,13,26H2,(H,27,28)/t21-,22?/m1/s1. The molecule has 6 heteroatoms. The quantitative estimate of drug-likeness (QED) is 0.455. The van der Waals surface area contributed by atoms with E-state index in [1.807, 2.05) is 48.5 Å². The molecule has 4 rings (SSSR count). The zero-order valence-electron chi connectivity index (χ0n) is 16.0. The minimum Gasteiger partial charge on any atom is -0.481 e. The summed E-state index contributed by atoms with van der Waals surface area (Å²) in [5.74, 6) is -3.88. The molecule has 3 aromatic rings. The molecule has 30 heavy (non-hydrogen) atoms. The number of fused-ring (bicyclic) bond motifs is 3. The number of nitrogens with two attached hydrogens (primary N) is 1. The minimum absolute atomic E-state index is 0.0406. The van der Waals surface area contributed by atoms with Crippen LogP contribution in [0.4, 0.5) is 0 Å². The third kappa shape index (κ3) is 3.70. The number of hydrogen-bond donors (Lipinski definition) is 2. The van der Waals surface area contributed by atoms with Crippen molar-refractivity contribution in [1.82, 2.24) is 0 Å². The van der Waals surface area contributed by atoms with E-state index in [1.54, 1.807) is 24.3 Å². The molecule has 0 spiro atoms. The van der Waals surface area contributed by atoms with Gasteiger partial charge in [0.1, 0.15) is 6.61 Å². The van der Waals surface area contributed by atoms with Gasteiger partial charge in [-0.3, -0.25) is 9.59 Å². The average molecular weight is 422 g/mol. The Labute approximate surface area is 179 Å². The van der Waals surface area contributed by atoms with Gasteiger partial charge in [0.2, 0.25) is 0 Å². The van der Waals surface area contributed by atoms with E-state index in [0.717, 1.165) is 22.3 Å². The van der Waals surface area contributed by atoms with Crippen molar-refractivity contribution in [2.24, 2.45) is 11.7 Å². The maximum atomic E-state index is 12.7. The number of carbonyl (C=O) groups excluding carboxylic acids is 1. The second kappa shape index (κ2) is 8.30. The molecule has 3 aromatic carbocycles. The first-order valence-electron chi connectivity index (χ1n) is 9.56. The van der Waals surface area contributed by atoms with Gasteiger partial charge < -0.3 is 15.6 Å². The fourth-order valence-electron chi connectivity index (χ4n) is 4.00. The van der Waals surface area contributed by atoms with Crippen LogP contribution in [-0.4, -0.2) is 23.7 Å². The topological polar surface area (TPSA) is 89.6 Å². The molecule has 2 atom stereocenters. The molecular weight excluding hydrogens is 402 g/mol. The highest BCUT2D eigenvalue weighted by Crippen LogP contribution is 2.44. The normalized spacial score (nSPS) is 14.5. The first-order chi connectivity index (χ1) is 14.5. The highest BCUT2D eigenvalue weighted by molar-refractivity contribution is 6.30. The molecule has 0 bridgehead atoms. The molecule has 1 unspecified atom stereocenters. The van der Waals surface area contributed by atoms with Crippen LogP contribution in [0.15, 0.2) is 72.8 Å². The molecule has 0 aromatic heterocycles. The Hall–Kier alpha value is -3.15. The number of halogens is 1. The number of carboxylic acids is 1. The number of benzene rings is 3. The SMILES string of the molecule is NC(c1cccc(Cl)c1)[C@H](C(=O)O)C(=O)OCC1c2ccccc2-c2ccccc21. The van der Waals surface area contributed by atoms with Crippen molar-refractivity contribution in [2.75, 3.05) is 6.61 Å². The molecule has 0 radical (unpaired) electrons. The van der Waals surface area contributed by atoms with Gasteiger partial charge in [0.15, 0.2) is 5.92 Å². The lowest BCUT2D eigenvalue weighted by Gasteiger charge is -2.21. The van der Waals surface area contributed by atoms with Crippen molar-refractivity contribution in [1.29, 1.82) is 0 Å². The molecule has 0 fully saturated rings. The summed E-state index contributed by atoms with van der Waals surface area (Å²) in [4.78, 5) is 24.6. The molecular formula is C24H20ClNO4. The van der Waals surface area contributed by atoms with Gasteiger partial charge in [-0.05, 0) is 39.9 Å². The van der Waals surface area contributed by atoms with E-state index in [4.69, 9.17) is 22.1 Å². The third-order valence-electron chi connectivity index (χ3n) is 5.47. The Bertz CT molecular complexity index is 1070. The van der Waals surface area contributed by atoms with Crippen molar-refractivity contribution in [3.63, 3.8) is 0 Å². The van der Waals surface area contributed by atoms with E-state index >= 15 is 0 Å². The summed E-state index contributed by atoms with van der Waals surface area (Å²) >= 11 is 5.98. The fourth-order valence-corrected chi connectivity index (χ4v) is 4.20. The molecule has 0 saturated heterocycles. The summed E-state index contributed by atoms with van der Waals surface area (Å²) in [6, 6.07) is 21.3. The van der Waals surface area contributed by atoms with Crippen LogP contribution in [0.2, 0.25) is 5.02 Å². The van der Waals surface area contributed by atoms with E-state index in [-0.39, 0.29) is 12.5 Å². The zero-order valence-corrected chi connectivity index (χ0v) is 16.8. The Morgan fingerprint density at radius 1 is 0.967 bits per heavy atom. The van der Waals surface area contributed by atoms with Crippen LogP contribution in [0.25, 0.3) is 11.1 Å². The van der Waals surface area contributed by atoms with Gasteiger partial charge in [0.25, 0.3) is 0 Å². The van der Waals surface area contributed by atoms with Crippen LogP contribution in [0, 0.1) is 5.92 Å². The average Bonchev–Trinajstić information content (AvgIpc) is 3.06. The molecule has 3 N–H and O–H groups in total. The van der Waals surface area contributed by atoms with E-state index in [0.29, 0.717) is 10.6 Å². The van der Waals surface area contributed by atoms with Crippen LogP contribution in [0.1, 0.15) is 28.7 Å². The Balaban J connectivity index is 1.55. The first kappa shape index (κ1) is 20.1. The maximum Gasteiger partial charge on any atom is 0.322 e. The first-order valence-corrected chi connectivity index (χ1v) is 9.94. The van der Waals surface area contributed by atoms with Gasteiger partial charge >= 0.3 is 11.9 Å². The predicted molar refractivity (Wildman–Crippen MR) is 114 cm³/mol. The van der Waals surface area contributed by atoms with Crippen molar-refractivity contribution in [2.45, 2.75) is 12.0 Å². The van der Waals surface area contributed by atoms with Gasteiger partial charge in [-0.2, -0.15) is 0 Å². The number of carboxylic acid groups (broad SMARTS) is 1.